The lowest BCUT2D eigenvalue weighted by Gasteiger charge is -2.14. The molecule has 3 heteroatoms. The molecule has 1 saturated heterocycles. The summed E-state index contributed by atoms with van der Waals surface area (Å²) in [6, 6.07) is 7.29. The first-order valence-corrected chi connectivity index (χ1v) is 4.40. The zero-order valence-electron chi connectivity index (χ0n) is 7.31. The molecular weight excluding hydrogens is 166 g/mol. The Morgan fingerprint density at radius 3 is 2.69 bits per heavy atom. The van der Waals surface area contributed by atoms with Gasteiger partial charge < -0.3 is 15.6 Å². The molecule has 2 unspecified atom stereocenters. The van der Waals surface area contributed by atoms with Crippen molar-refractivity contribution in [2.45, 2.75) is 12.0 Å². The molecule has 0 saturated carbocycles. The van der Waals surface area contributed by atoms with E-state index in [1.807, 2.05) is 12.1 Å². The molecule has 1 heterocycles. The Morgan fingerprint density at radius 1 is 1.31 bits per heavy atom. The lowest BCUT2D eigenvalue weighted by molar-refractivity contribution is 0.190. The van der Waals surface area contributed by atoms with Gasteiger partial charge in [-0.25, -0.2) is 0 Å². The molecule has 0 bridgehead atoms. The molecule has 0 amide bonds. The van der Waals surface area contributed by atoms with Crippen molar-refractivity contribution < 1.29 is 9.84 Å². The molecule has 1 fully saturated rings. The molecule has 1 aromatic rings. The molecule has 70 valence electrons. The average Bonchev–Trinajstić information content (AvgIpc) is 2.52. The topological polar surface area (TPSA) is 55.5 Å². The smallest absolute Gasteiger partial charge is 0.119 e. The summed E-state index contributed by atoms with van der Waals surface area (Å²) in [5.41, 5.74) is 6.74. The van der Waals surface area contributed by atoms with E-state index in [0.29, 0.717) is 19.0 Å². The molecule has 0 aromatic heterocycles. The fourth-order valence-electron chi connectivity index (χ4n) is 1.69. The predicted molar refractivity (Wildman–Crippen MR) is 49.6 cm³/mol. The minimum Gasteiger partial charge on any atom is -0.508 e. The van der Waals surface area contributed by atoms with Gasteiger partial charge in [0.25, 0.3) is 0 Å². The van der Waals surface area contributed by atoms with Gasteiger partial charge in [-0.05, 0) is 6.07 Å². The number of hydrogen-bond acceptors (Lipinski definition) is 3. The highest BCUT2D eigenvalue weighted by Crippen LogP contribution is 2.30. The molecule has 1 aromatic carbocycles. The van der Waals surface area contributed by atoms with Gasteiger partial charge in [0.1, 0.15) is 5.75 Å². The number of hydrogen-bond donors (Lipinski definition) is 2. The predicted octanol–water partition coefficient (Wildman–Crippen LogP) is 0.833. The summed E-state index contributed by atoms with van der Waals surface area (Å²) >= 11 is 0. The normalized spacial score (nSPS) is 27.8. The molecule has 0 radical (unpaired) electrons. The highest BCUT2D eigenvalue weighted by Gasteiger charge is 2.27. The second-order valence-electron chi connectivity index (χ2n) is 3.37. The number of nitrogens with two attached hydrogens (primary N) is 1. The molecular formula is C10H13NO2. The quantitative estimate of drug-likeness (QED) is 0.671. The van der Waals surface area contributed by atoms with Crippen LogP contribution in [-0.2, 0) is 4.74 Å². The Balaban J connectivity index is 2.29. The van der Waals surface area contributed by atoms with Crippen molar-refractivity contribution in [2.24, 2.45) is 5.73 Å². The Labute approximate surface area is 77.1 Å². The number of para-hydroxylation sites is 1. The summed E-state index contributed by atoms with van der Waals surface area (Å²) in [6.45, 7) is 1.19. The van der Waals surface area contributed by atoms with Crippen LogP contribution in [0.2, 0.25) is 0 Å². The van der Waals surface area contributed by atoms with Crippen molar-refractivity contribution in [3.05, 3.63) is 29.8 Å². The van der Waals surface area contributed by atoms with Gasteiger partial charge in [-0.15, -0.1) is 0 Å². The molecule has 1 aliphatic heterocycles. The molecule has 2 rings (SSSR count). The van der Waals surface area contributed by atoms with Crippen molar-refractivity contribution in [2.75, 3.05) is 13.2 Å². The molecule has 3 nitrogen and oxygen atoms in total. The van der Waals surface area contributed by atoms with Crippen LogP contribution in [0.3, 0.4) is 0 Å². The van der Waals surface area contributed by atoms with E-state index in [9.17, 15) is 5.11 Å². The van der Waals surface area contributed by atoms with E-state index in [0.717, 1.165) is 5.56 Å². The van der Waals surface area contributed by atoms with Crippen LogP contribution in [-0.4, -0.2) is 24.4 Å². The van der Waals surface area contributed by atoms with Crippen LogP contribution < -0.4 is 5.73 Å². The summed E-state index contributed by atoms with van der Waals surface area (Å²) in [5, 5.41) is 9.58. The van der Waals surface area contributed by atoms with E-state index in [1.54, 1.807) is 12.1 Å². The van der Waals surface area contributed by atoms with Crippen molar-refractivity contribution in [3.63, 3.8) is 0 Å². The third-order valence-electron chi connectivity index (χ3n) is 2.46. The van der Waals surface area contributed by atoms with Gasteiger partial charge >= 0.3 is 0 Å². The van der Waals surface area contributed by atoms with Gasteiger partial charge in [0.05, 0.1) is 13.2 Å². The van der Waals surface area contributed by atoms with Crippen LogP contribution in [0.5, 0.6) is 5.75 Å². The van der Waals surface area contributed by atoms with Gasteiger partial charge in [-0.2, -0.15) is 0 Å². The maximum Gasteiger partial charge on any atom is 0.119 e. The van der Waals surface area contributed by atoms with E-state index >= 15 is 0 Å². The largest absolute Gasteiger partial charge is 0.508 e. The van der Waals surface area contributed by atoms with Gasteiger partial charge in [-0.3, -0.25) is 0 Å². The number of phenols is 1. The van der Waals surface area contributed by atoms with Crippen molar-refractivity contribution in [3.8, 4) is 5.75 Å². The first kappa shape index (κ1) is 8.53. The number of benzene rings is 1. The SMILES string of the molecule is NC1COCC1c1ccccc1O. The first-order chi connectivity index (χ1) is 6.29. The third kappa shape index (κ3) is 1.53. The van der Waals surface area contributed by atoms with Gasteiger partial charge in [0.2, 0.25) is 0 Å². The lowest BCUT2D eigenvalue weighted by atomic mass is 9.94. The van der Waals surface area contributed by atoms with E-state index in [4.69, 9.17) is 10.5 Å². The molecule has 1 aliphatic rings. The van der Waals surface area contributed by atoms with Gasteiger partial charge in [0.15, 0.2) is 0 Å². The number of phenolic OH excluding ortho intramolecular Hbond substituents is 1. The summed E-state index contributed by atoms with van der Waals surface area (Å²) in [5.74, 6) is 0.453. The second-order valence-corrected chi connectivity index (χ2v) is 3.37. The summed E-state index contributed by atoms with van der Waals surface area (Å²) in [6.07, 6.45) is 0. The fourth-order valence-corrected chi connectivity index (χ4v) is 1.69. The highest BCUT2D eigenvalue weighted by molar-refractivity contribution is 5.36. The Hall–Kier alpha value is -1.06. The van der Waals surface area contributed by atoms with E-state index in [2.05, 4.69) is 0 Å². The zero-order valence-corrected chi connectivity index (χ0v) is 7.31. The summed E-state index contributed by atoms with van der Waals surface area (Å²) in [4.78, 5) is 0. The molecule has 0 aliphatic carbocycles. The van der Waals surface area contributed by atoms with Crippen LogP contribution in [0.15, 0.2) is 24.3 Å². The lowest BCUT2D eigenvalue weighted by Crippen LogP contribution is -2.26. The van der Waals surface area contributed by atoms with Crippen molar-refractivity contribution in [1.82, 2.24) is 0 Å². The number of ether oxygens (including phenoxy) is 1. The molecule has 0 spiro atoms. The molecule has 3 N–H and O–H groups in total. The minimum atomic E-state index is 0.00769. The second kappa shape index (κ2) is 3.36. The van der Waals surface area contributed by atoms with Crippen LogP contribution in [0.25, 0.3) is 0 Å². The van der Waals surface area contributed by atoms with Crippen molar-refractivity contribution in [1.29, 1.82) is 0 Å². The maximum atomic E-state index is 9.58. The molecule has 13 heavy (non-hydrogen) atoms. The number of rotatable bonds is 1. The van der Waals surface area contributed by atoms with Crippen LogP contribution >= 0.6 is 0 Å². The number of aromatic hydroxyl groups is 1. The minimum absolute atomic E-state index is 0.00769. The summed E-state index contributed by atoms with van der Waals surface area (Å²) < 4.78 is 5.24. The van der Waals surface area contributed by atoms with Crippen LogP contribution in [0.1, 0.15) is 11.5 Å². The van der Waals surface area contributed by atoms with Gasteiger partial charge in [0, 0.05) is 17.5 Å². The highest BCUT2D eigenvalue weighted by atomic mass is 16.5. The summed E-state index contributed by atoms with van der Waals surface area (Å²) in [7, 11) is 0. The van der Waals surface area contributed by atoms with Crippen LogP contribution in [0.4, 0.5) is 0 Å². The first-order valence-electron chi connectivity index (χ1n) is 4.40. The fraction of sp³-hybridized carbons (Fsp3) is 0.400. The molecule has 2 atom stereocenters. The maximum absolute atomic E-state index is 9.58. The Morgan fingerprint density at radius 2 is 2.08 bits per heavy atom. The standard InChI is InChI=1S/C10H13NO2/c11-9-6-13-5-8(9)7-3-1-2-4-10(7)12/h1-4,8-9,12H,5-6,11H2. The zero-order chi connectivity index (χ0) is 9.26. The van der Waals surface area contributed by atoms with E-state index in [1.165, 1.54) is 0 Å². The Bertz CT molecular complexity index is 301. The van der Waals surface area contributed by atoms with E-state index in [-0.39, 0.29) is 12.0 Å². The van der Waals surface area contributed by atoms with E-state index < -0.39 is 0 Å². The van der Waals surface area contributed by atoms with Crippen LogP contribution in [0, 0.1) is 0 Å². The Kier molecular flexibility index (Phi) is 2.20. The van der Waals surface area contributed by atoms with Crippen molar-refractivity contribution >= 4 is 0 Å². The average molecular weight is 179 g/mol. The third-order valence-corrected chi connectivity index (χ3v) is 2.46. The monoisotopic (exact) mass is 179 g/mol. The van der Waals surface area contributed by atoms with Gasteiger partial charge in [-0.1, -0.05) is 18.2 Å².